The lowest BCUT2D eigenvalue weighted by atomic mass is 9.83. The van der Waals surface area contributed by atoms with Crippen LogP contribution in [-0.4, -0.2) is 27.9 Å². The summed E-state index contributed by atoms with van der Waals surface area (Å²) in [5.41, 5.74) is -0.130. The molecule has 6 heteroatoms. The van der Waals surface area contributed by atoms with E-state index >= 15 is 0 Å². The number of nitrogens with one attached hydrogen (secondary N) is 1. The highest BCUT2D eigenvalue weighted by atomic mass is 32.1. The predicted molar refractivity (Wildman–Crippen MR) is 83.4 cm³/mol. The molecule has 1 aliphatic rings. The van der Waals surface area contributed by atoms with Gasteiger partial charge >= 0.3 is 5.97 Å². The first kappa shape index (κ1) is 15.9. The SMILES string of the molecule is CCCC1CCC(Nc2nc(C(=O)O)c(C(C)=O)s2)CC1. The van der Waals surface area contributed by atoms with Gasteiger partial charge in [0.05, 0.1) is 0 Å². The summed E-state index contributed by atoms with van der Waals surface area (Å²) in [6, 6.07) is 0.339. The zero-order valence-corrected chi connectivity index (χ0v) is 13.3. The number of carboxylic acids is 1. The lowest BCUT2D eigenvalue weighted by Gasteiger charge is -2.28. The maximum Gasteiger partial charge on any atom is 0.356 e. The van der Waals surface area contributed by atoms with Crippen LogP contribution in [-0.2, 0) is 0 Å². The summed E-state index contributed by atoms with van der Waals surface area (Å²) < 4.78 is 0. The average molecular weight is 310 g/mol. The fourth-order valence-corrected chi connectivity index (χ4v) is 3.87. The Morgan fingerprint density at radius 3 is 2.48 bits per heavy atom. The highest BCUT2D eigenvalue weighted by Crippen LogP contribution is 2.31. The van der Waals surface area contributed by atoms with Crippen molar-refractivity contribution in [2.45, 2.75) is 58.4 Å². The van der Waals surface area contributed by atoms with E-state index in [1.165, 1.54) is 32.6 Å². The molecule has 21 heavy (non-hydrogen) atoms. The van der Waals surface area contributed by atoms with Crippen molar-refractivity contribution >= 4 is 28.2 Å². The van der Waals surface area contributed by atoms with Crippen molar-refractivity contribution in [2.75, 3.05) is 5.32 Å². The zero-order chi connectivity index (χ0) is 15.4. The van der Waals surface area contributed by atoms with E-state index in [0.29, 0.717) is 11.2 Å². The number of aromatic carboxylic acids is 1. The number of hydrogen-bond acceptors (Lipinski definition) is 5. The number of carbonyl (C=O) groups is 2. The third-order valence-electron chi connectivity index (χ3n) is 4.02. The van der Waals surface area contributed by atoms with E-state index in [0.717, 1.165) is 30.1 Å². The van der Waals surface area contributed by atoms with Crippen molar-refractivity contribution in [1.29, 1.82) is 0 Å². The highest BCUT2D eigenvalue weighted by molar-refractivity contribution is 7.17. The monoisotopic (exact) mass is 310 g/mol. The van der Waals surface area contributed by atoms with Gasteiger partial charge in [-0.05, 0) is 31.6 Å². The van der Waals surface area contributed by atoms with E-state index in [1.54, 1.807) is 0 Å². The van der Waals surface area contributed by atoms with E-state index in [-0.39, 0.29) is 16.4 Å². The molecule has 0 unspecified atom stereocenters. The molecule has 1 heterocycles. The molecule has 0 aromatic carbocycles. The van der Waals surface area contributed by atoms with Crippen molar-refractivity contribution < 1.29 is 14.7 Å². The summed E-state index contributed by atoms with van der Waals surface area (Å²) in [6.07, 6.45) is 7.12. The largest absolute Gasteiger partial charge is 0.476 e. The molecule has 2 N–H and O–H groups in total. The van der Waals surface area contributed by atoms with Crippen molar-refractivity contribution in [1.82, 2.24) is 4.98 Å². The second kappa shape index (κ2) is 7.02. The van der Waals surface area contributed by atoms with E-state index in [1.807, 2.05) is 0 Å². The number of ketones is 1. The Hall–Kier alpha value is -1.43. The van der Waals surface area contributed by atoms with Crippen LogP contribution in [0.15, 0.2) is 0 Å². The summed E-state index contributed by atoms with van der Waals surface area (Å²) in [6.45, 7) is 3.59. The Balaban J connectivity index is 1.99. The Labute approximate surface area is 128 Å². The lowest BCUT2D eigenvalue weighted by Crippen LogP contribution is -2.26. The Morgan fingerprint density at radius 1 is 1.33 bits per heavy atom. The average Bonchev–Trinajstić information content (AvgIpc) is 2.86. The molecule has 5 nitrogen and oxygen atoms in total. The number of thiazole rings is 1. The third-order valence-corrected chi connectivity index (χ3v) is 5.11. The molecule has 1 fully saturated rings. The Bertz CT molecular complexity index is 487. The number of hydrogen-bond donors (Lipinski definition) is 2. The minimum absolute atomic E-state index is 0.130. The van der Waals surface area contributed by atoms with Crippen molar-refractivity contribution in [3.63, 3.8) is 0 Å². The molecule has 1 saturated carbocycles. The maximum absolute atomic E-state index is 11.5. The number of Topliss-reactive ketones (excluding diaryl/α,β-unsaturated/α-hetero) is 1. The molecule has 0 amide bonds. The maximum atomic E-state index is 11.5. The third kappa shape index (κ3) is 4.03. The topological polar surface area (TPSA) is 79.3 Å². The van der Waals surface area contributed by atoms with Crippen LogP contribution in [0.5, 0.6) is 0 Å². The van der Waals surface area contributed by atoms with Gasteiger partial charge in [-0.15, -0.1) is 0 Å². The molecule has 0 aliphatic heterocycles. The van der Waals surface area contributed by atoms with Gasteiger partial charge in [-0.1, -0.05) is 31.1 Å². The molecule has 2 rings (SSSR count). The molecule has 116 valence electrons. The van der Waals surface area contributed by atoms with Gasteiger partial charge in [0, 0.05) is 13.0 Å². The summed E-state index contributed by atoms with van der Waals surface area (Å²) in [4.78, 5) is 26.9. The molecule has 1 aromatic heterocycles. The molecule has 0 bridgehead atoms. The van der Waals surface area contributed by atoms with Gasteiger partial charge in [-0.25, -0.2) is 9.78 Å². The Morgan fingerprint density at radius 2 is 2.00 bits per heavy atom. The Kier molecular flexibility index (Phi) is 5.33. The summed E-state index contributed by atoms with van der Waals surface area (Å²) in [7, 11) is 0. The first-order valence-electron chi connectivity index (χ1n) is 7.52. The van der Waals surface area contributed by atoms with Crippen molar-refractivity contribution in [2.24, 2.45) is 5.92 Å². The first-order chi connectivity index (χ1) is 10.0. The van der Waals surface area contributed by atoms with Crippen LogP contribution < -0.4 is 5.32 Å². The van der Waals surface area contributed by atoms with Crippen LogP contribution >= 0.6 is 11.3 Å². The molecular formula is C15H22N2O3S. The molecule has 0 atom stereocenters. The summed E-state index contributed by atoms with van der Waals surface area (Å²) in [5.74, 6) is -0.563. The number of aromatic nitrogens is 1. The fraction of sp³-hybridized carbons (Fsp3) is 0.667. The number of carboxylic acid groups (broad SMARTS) is 1. The van der Waals surface area contributed by atoms with E-state index in [9.17, 15) is 9.59 Å². The van der Waals surface area contributed by atoms with Crippen molar-refractivity contribution in [3.05, 3.63) is 10.6 Å². The minimum atomic E-state index is -1.14. The van der Waals surface area contributed by atoms with Crippen LogP contribution in [0.3, 0.4) is 0 Å². The predicted octanol–water partition coefficient (Wildman–Crippen LogP) is 3.81. The van der Waals surface area contributed by atoms with E-state index in [4.69, 9.17) is 5.11 Å². The normalized spacial score (nSPS) is 22.0. The molecule has 1 aliphatic carbocycles. The zero-order valence-electron chi connectivity index (χ0n) is 12.5. The summed E-state index contributed by atoms with van der Waals surface area (Å²) >= 11 is 1.15. The number of nitrogens with zero attached hydrogens (tertiary/aromatic N) is 1. The van der Waals surface area contributed by atoms with Crippen LogP contribution in [0.4, 0.5) is 5.13 Å². The quantitative estimate of drug-likeness (QED) is 0.781. The second-order valence-corrected chi connectivity index (χ2v) is 6.71. The van der Waals surface area contributed by atoms with Crippen molar-refractivity contribution in [3.8, 4) is 0 Å². The van der Waals surface area contributed by atoms with Gasteiger partial charge in [-0.3, -0.25) is 4.79 Å². The van der Waals surface area contributed by atoms with Gasteiger partial charge in [0.25, 0.3) is 0 Å². The lowest BCUT2D eigenvalue weighted by molar-refractivity contribution is 0.0687. The van der Waals surface area contributed by atoms with Gasteiger partial charge in [0.1, 0.15) is 4.88 Å². The molecule has 0 spiro atoms. The molecule has 1 aromatic rings. The highest BCUT2D eigenvalue weighted by Gasteiger charge is 2.24. The smallest absolute Gasteiger partial charge is 0.356 e. The van der Waals surface area contributed by atoms with E-state index in [2.05, 4.69) is 17.2 Å². The fourth-order valence-electron chi connectivity index (χ4n) is 2.94. The molecule has 0 radical (unpaired) electrons. The summed E-state index contributed by atoms with van der Waals surface area (Å²) in [5, 5.41) is 12.9. The minimum Gasteiger partial charge on any atom is -0.476 e. The van der Waals surface area contributed by atoms with Crippen LogP contribution in [0.25, 0.3) is 0 Å². The first-order valence-corrected chi connectivity index (χ1v) is 8.34. The van der Waals surface area contributed by atoms with Crippen LogP contribution in [0.1, 0.15) is 72.5 Å². The van der Waals surface area contributed by atoms with Crippen LogP contribution in [0, 0.1) is 5.92 Å². The second-order valence-electron chi connectivity index (χ2n) is 5.71. The van der Waals surface area contributed by atoms with Gasteiger partial charge in [-0.2, -0.15) is 0 Å². The van der Waals surface area contributed by atoms with E-state index < -0.39 is 5.97 Å². The van der Waals surface area contributed by atoms with Gasteiger partial charge in [0.15, 0.2) is 16.6 Å². The molecule has 0 saturated heterocycles. The van der Waals surface area contributed by atoms with Gasteiger partial charge < -0.3 is 10.4 Å². The van der Waals surface area contributed by atoms with Gasteiger partial charge in [0.2, 0.25) is 0 Å². The number of carbonyl (C=O) groups excluding carboxylic acids is 1. The van der Waals surface area contributed by atoms with Crippen LogP contribution in [0.2, 0.25) is 0 Å². The standard InChI is InChI=1S/C15H22N2O3S/c1-3-4-10-5-7-11(8-6-10)16-15-17-12(14(19)20)13(21-15)9(2)18/h10-11H,3-8H2,1-2H3,(H,16,17)(H,19,20). The number of anilines is 1. The molecular weight excluding hydrogens is 288 g/mol. The number of rotatable bonds is 6.